The molecule has 0 radical (unpaired) electrons. The van der Waals surface area contributed by atoms with E-state index in [1.54, 1.807) is 29.2 Å². The number of amides is 1. The van der Waals surface area contributed by atoms with E-state index >= 15 is 0 Å². The highest BCUT2D eigenvalue weighted by Crippen LogP contribution is 2.29. The van der Waals surface area contributed by atoms with Gasteiger partial charge in [0.2, 0.25) is 5.62 Å². The molecule has 158 valence electrons. The third-order valence-corrected chi connectivity index (χ3v) is 5.84. The molecule has 3 aromatic heterocycles. The molecule has 3 heterocycles. The molecule has 4 aromatic rings. The second-order valence-electron chi connectivity index (χ2n) is 8.06. The lowest BCUT2D eigenvalue weighted by molar-refractivity contribution is 0.0988. The zero-order valence-electron chi connectivity index (χ0n) is 17.3. The molecule has 1 saturated carbocycles. The second kappa shape index (κ2) is 7.96. The number of hydrogen-bond donors (Lipinski definition) is 2. The van der Waals surface area contributed by atoms with Crippen LogP contribution in [0.15, 0.2) is 60.0 Å². The Morgan fingerprint density at radius 2 is 2.13 bits per heavy atom. The van der Waals surface area contributed by atoms with Gasteiger partial charge in [0.05, 0.1) is 29.0 Å². The van der Waals surface area contributed by atoms with Crippen LogP contribution in [0.1, 0.15) is 42.1 Å². The van der Waals surface area contributed by atoms with Gasteiger partial charge in [-0.25, -0.2) is 0 Å². The number of nitrogens with zero attached hydrogens (tertiary/aromatic N) is 5. The maximum Gasteiger partial charge on any atom is 0.280 e. The monoisotopic (exact) mass is 416 g/mol. The van der Waals surface area contributed by atoms with Gasteiger partial charge in [0.1, 0.15) is 0 Å². The van der Waals surface area contributed by atoms with E-state index in [9.17, 15) is 9.90 Å². The zero-order chi connectivity index (χ0) is 21.4. The third kappa shape index (κ3) is 3.82. The number of aliphatic hydroxyl groups is 1. The van der Waals surface area contributed by atoms with Crippen LogP contribution in [0.2, 0.25) is 0 Å². The molecule has 8 heteroatoms. The summed E-state index contributed by atoms with van der Waals surface area (Å²) in [7, 11) is 1.84. The van der Waals surface area contributed by atoms with Crippen molar-refractivity contribution in [1.29, 1.82) is 0 Å². The predicted octanol–water partition coefficient (Wildman–Crippen LogP) is 2.98. The molecule has 0 unspecified atom stereocenters. The quantitative estimate of drug-likeness (QED) is 0.536. The molecule has 1 aromatic carbocycles. The van der Waals surface area contributed by atoms with E-state index in [1.165, 1.54) is 0 Å². The number of imidazole rings is 1. The molecule has 1 aliphatic rings. The number of hydrogen-bond acceptors (Lipinski definition) is 4. The number of carbonyl (C=O) groups is 1. The minimum atomic E-state index is -0.343. The van der Waals surface area contributed by atoms with Gasteiger partial charge in [-0.2, -0.15) is 10.1 Å². The number of rotatable bonds is 3. The number of H-pyrrole nitrogens is 1. The Morgan fingerprint density at radius 3 is 2.94 bits per heavy atom. The molecule has 0 spiro atoms. The second-order valence-corrected chi connectivity index (χ2v) is 8.06. The predicted molar refractivity (Wildman–Crippen MR) is 116 cm³/mol. The van der Waals surface area contributed by atoms with Crippen molar-refractivity contribution < 1.29 is 9.90 Å². The van der Waals surface area contributed by atoms with Crippen LogP contribution in [0.3, 0.4) is 0 Å². The molecule has 2 atom stereocenters. The molecular formula is C23H24N6O2. The number of carbonyl (C=O) groups excluding carboxylic acids is 1. The Morgan fingerprint density at radius 1 is 1.26 bits per heavy atom. The van der Waals surface area contributed by atoms with Gasteiger partial charge in [-0.15, -0.1) is 0 Å². The van der Waals surface area contributed by atoms with E-state index in [0.717, 1.165) is 35.9 Å². The first-order valence-corrected chi connectivity index (χ1v) is 10.5. The molecule has 1 fully saturated rings. The first-order valence-electron chi connectivity index (χ1n) is 10.5. The summed E-state index contributed by atoms with van der Waals surface area (Å²) in [6.45, 7) is 0. The average Bonchev–Trinajstić information content (AvgIpc) is 3.37. The van der Waals surface area contributed by atoms with Gasteiger partial charge in [-0.05, 0) is 49.9 Å². The highest BCUT2D eigenvalue weighted by atomic mass is 16.3. The Labute approximate surface area is 178 Å². The van der Waals surface area contributed by atoms with E-state index in [0.29, 0.717) is 23.3 Å². The summed E-state index contributed by atoms with van der Waals surface area (Å²) >= 11 is 0. The van der Waals surface area contributed by atoms with Gasteiger partial charge in [0, 0.05) is 36.6 Å². The largest absolute Gasteiger partial charge is 0.393 e. The number of aliphatic hydroxyl groups excluding tert-OH is 1. The van der Waals surface area contributed by atoms with Crippen molar-refractivity contribution in [3.8, 4) is 11.3 Å². The fourth-order valence-corrected chi connectivity index (χ4v) is 4.34. The van der Waals surface area contributed by atoms with Gasteiger partial charge in [0.15, 0.2) is 0 Å². The average molecular weight is 416 g/mol. The van der Waals surface area contributed by atoms with Crippen molar-refractivity contribution in [2.75, 3.05) is 0 Å². The summed E-state index contributed by atoms with van der Waals surface area (Å²) < 4.78 is 3.76. The Bertz CT molecular complexity index is 1310. The SMILES string of the molecule is Cn1cc(-c2cc(C(=O)/N=c3\[nH]c4ccccc4n3[C@@H]3CCC[C@H](O)C3)ccn2)cn1. The molecule has 1 aliphatic carbocycles. The molecule has 5 rings (SSSR count). The fraction of sp³-hybridized carbons (Fsp3) is 0.304. The van der Waals surface area contributed by atoms with Gasteiger partial charge < -0.3 is 14.7 Å². The van der Waals surface area contributed by atoms with Crippen molar-refractivity contribution in [3.05, 3.63) is 66.2 Å². The molecule has 2 N–H and O–H groups in total. The van der Waals surface area contributed by atoms with Crippen LogP contribution in [-0.2, 0) is 7.05 Å². The van der Waals surface area contributed by atoms with Crippen LogP contribution in [0.25, 0.3) is 22.3 Å². The molecule has 31 heavy (non-hydrogen) atoms. The lowest BCUT2D eigenvalue weighted by atomic mass is 9.93. The Kier molecular flexibility index (Phi) is 4.99. The third-order valence-electron chi connectivity index (χ3n) is 5.84. The van der Waals surface area contributed by atoms with Crippen molar-refractivity contribution >= 4 is 16.9 Å². The lowest BCUT2D eigenvalue weighted by Crippen LogP contribution is -2.30. The smallest absolute Gasteiger partial charge is 0.280 e. The van der Waals surface area contributed by atoms with Crippen LogP contribution < -0.4 is 5.62 Å². The Balaban J connectivity index is 1.57. The summed E-state index contributed by atoms with van der Waals surface area (Å²) in [5.74, 6) is -0.343. The van der Waals surface area contributed by atoms with Gasteiger partial charge in [-0.3, -0.25) is 14.5 Å². The first-order chi connectivity index (χ1) is 15.1. The van der Waals surface area contributed by atoms with Crippen molar-refractivity contribution in [2.45, 2.75) is 37.8 Å². The molecular weight excluding hydrogens is 392 g/mol. The van der Waals surface area contributed by atoms with E-state index < -0.39 is 0 Å². The molecule has 0 aliphatic heterocycles. The van der Waals surface area contributed by atoms with Crippen molar-refractivity contribution in [3.63, 3.8) is 0 Å². The number of nitrogens with one attached hydrogen (secondary N) is 1. The molecule has 8 nitrogen and oxygen atoms in total. The van der Waals surface area contributed by atoms with Gasteiger partial charge in [0.25, 0.3) is 5.91 Å². The van der Waals surface area contributed by atoms with Crippen molar-refractivity contribution in [1.82, 2.24) is 24.3 Å². The molecule has 0 bridgehead atoms. The zero-order valence-corrected chi connectivity index (χ0v) is 17.3. The number of aryl methyl sites for hydroxylation is 1. The number of benzene rings is 1. The number of pyridine rings is 1. The summed E-state index contributed by atoms with van der Waals surface area (Å²) in [5, 5.41) is 14.4. The number of aromatic nitrogens is 5. The summed E-state index contributed by atoms with van der Waals surface area (Å²) in [5.41, 5.74) is 4.38. The number of para-hydroxylation sites is 2. The van der Waals surface area contributed by atoms with Crippen LogP contribution >= 0.6 is 0 Å². The highest BCUT2D eigenvalue weighted by molar-refractivity contribution is 5.95. The van der Waals surface area contributed by atoms with Crippen molar-refractivity contribution in [2.24, 2.45) is 12.0 Å². The normalized spacial score (nSPS) is 19.7. The Hall–Kier alpha value is -3.52. The topological polar surface area (TPSA) is 101 Å². The maximum absolute atomic E-state index is 13.1. The minimum Gasteiger partial charge on any atom is -0.393 e. The van der Waals surface area contributed by atoms with E-state index in [4.69, 9.17) is 0 Å². The van der Waals surface area contributed by atoms with Crippen LogP contribution in [-0.4, -0.2) is 41.4 Å². The minimum absolute atomic E-state index is 0.0924. The fourth-order valence-electron chi connectivity index (χ4n) is 4.34. The number of aromatic amines is 1. The van der Waals surface area contributed by atoms with Crippen LogP contribution in [0, 0.1) is 0 Å². The summed E-state index contributed by atoms with van der Waals surface area (Å²) in [6.07, 6.45) is 8.22. The lowest BCUT2D eigenvalue weighted by Gasteiger charge is -2.27. The maximum atomic E-state index is 13.1. The van der Waals surface area contributed by atoms with Crippen LogP contribution in [0.5, 0.6) is 0 Å². The molecule has 1 amide bonds. The van der Waals surface area contributed by atoms with E-state index in [1.807, 2.05) is 37.5 Å². The van der Waals surface area contributed by atoms with E-state index in [2.05, 4.69) is 24.6 Å². The summed E-state index contributed by atoms with van der Waals surface area (Å²) in [4.78, 5) is 25.2. The highest BCUT2D eigenvalue weighted by Gasteiger charge is 2.24. The van der Waals surface area contributed by atoms with Crippen LogP contribution in [0.4, 0.5) is 0 Å². The number of fused-ring (bicyclic) bond motifs is 1. The van der Waals surface area contributed by atoms with Gasteiger partial charge in [-0.1, -0.05) is 12.1 Å². The van der Waals surface area contributed by atoms with E-state index in [-0.39, 0.29) is 18.1 Å². The first kappa shape index (κ1) is 19.4. The summed E-state index contributed by atoms with van der Waals surface area (Å²) in [6, 6.07) is 11.4. The van der Waals surface area contributed by atoms with Gasteiger partial charge >= 0.3 is 0 Å². The molecule has 0 saturated heterocycles. The standard InChI is InChI=1S/C23H24N6O2/c1-28-14-16(13-25-28)20-11-15(9-10-24-20)22(31)27-23-26-19-7-2-3-8-21(19)29(23)17-5-4-6-18(30)12-17/h2-3,7-11,13-14,17-18,30H,4-6,12H2,1H3,(H,26,27,31)/t17-,18+/m1/s1.